The summed E-state index contributed by atoms with van der Waals surface area (Å²) in [6, 6.07) is 6.14. The summed E-state index contributed by atoms with van der Waals surface area (Å²) in [6.07, 6.45) is 2.60. The van der Waals surface area contributed by atoms with Crippen LogP contribution in [0.5, 0.6) is 0 Å². The number of aromatic amines is 1. The molecular formula is C18H21N5OS. The highest BCUT2D eigenvalue weighted by molar-refractivity contribution is 7.17. The molecule has 2 aromatic heterocycles. The van der Waals surface area contributed by atoms with Crippen LogP contribution in [0.4, 0.5) is 5.13 Å². The lowest BCUT2D eigenvalue weighted by atomic mass is 10.2. The van der Waals surface area contributed by atoms with Gasteiger partial charge in [-0.05, 0) is 43.9 Å². The van der Waals surface area contributed by atoms with E-state index in [0.717, 1.165) is 41.9 Å². The molecule has 7 heteroatoms. The van der Waals surface area contributed by atoms with E-state index in [2.05, 4.69) is 29.0 Å². The summed E-state index contributed by atoms with van der Waals surface area (Å²) < 4.78 is 0. The number of nitrogens with two attached hydrogens (primary N) is 1. The van der Waals surface area contributed by atoms with E-state index in [1.165, 1.54) is 16.9 Å². The number of rotatable bonds is 3. The van der Waals surface area contributed by atoms with E-state index >= 15 is 0 Å². The molecule has 3 N–H and O–H groups in total. The first kappa shape index (κ1) is 16.1. The van der Waals surface area contributed by atoms with Crippen LogP contribution in [-0.4, -0.2) is 32.3 Å². The predicted octanol–water partition coefficient (Wildman–Crippen LogP) is 3.45. The molecule has 0 spiro atoms. The molecule has 3 heterocycles. The Kier molecular flexibility index (Phi) is 3.95. The molecule has 3 aromatic rings. The minimum absolute atomic E-state index is 0.0187. The normalized spacial score (nSPS) is 17.5. The van der Waals surface area contributed by atoms with Crippen molar-refractivity contribution in [1.29, 1.82) is 0 Å². The predicted molar refractivity (Wildman–Crippen MR) is 99.7 cm³/mol. The van der Waals surface area contributed by atoms with E-state index in [-0.39, 0.29) is 11.9 Å². The molecule has 1 aliphatic heterocycles. The van der Waals surface area contributed by atoms with Crippen molar-refractivity contribution in [2.24, 2.45) is 0 Å². The quantitative estimate of drug-likeness (QED) is 0.753. The van der Waals surface area contributed by atoms with Gasteiger partial charge < -0.3 is 15.6 Å². The van der Waals surface area contributed by atoms with E-state index in [9.17, 15) is 4.79 Å². The van der Waals surface area contributed by atoms with Crippen LogP contribution in [0.25, 0.3) is 11.0 Å². The smallest absolute Gasteiger partial charge is 0.266 e. The topological polar surface area (TPSA) is 87.9 Å². The summed E-state index contributed by atoms with van der Waals surface area (Å²) in [6.45, 7) is 4.79. The zero-order chi connectivity index (χ0) is 17.6. The van der Waals surface area contributed by atoms with Gasteiger partial charge in [0.1, 0.15) is 10.7 Å². The lowest BCUT2D eigenvalue weighted by Crippen LogP contribution is -2.31. The number of nitrogens with zero attached hydrogens (tertiary/aromatic N) is 3. The number of aromatic nitrogens is 3. The number of likely N-dealkylation sites (tertiary alicyclic amines) is 1. The van der Waals surface area contributed by atoms with E-state index < -0.39 is 0 Å². The van der Waals surface area contributed by atoms with E-state index in [1.54, 1.807) is 0 Å². The van der Waals surface area contributed by atoms with Crippen molar-refractivity contribution < 1.29 is 4.79 Å². The standard InChI is InChI=1S/C18H21N5OS/c1-3-11-15(25-18(19)22-11)17(24)23-8-4-5-14(23)16-20-12-7-6-10(2)9-13(12)21-16/h6-7,9,14H,3-5,8H2,1-2H3,(H2,19,22)(H,20,21). The van der Waals surface area contributed by atoms with Gasteiger partial charge in [0.25, 0.3) is 5.91 Å². The van der Waals surface area contributed by atoms with Gasteiger partial charge in [0.2, 0.25) is 0 Å². The molecule has 4 rings (SSSR count). The fraction of sp³-hybridized carbons (Fsp3) is 0.389. The third kappa shape index (κ3) is 2.78. The van der Waals surface area contributed by atoms with Crippen molar-refractivity contribution >= 4 is 33.4 Å². The SMILES string of the molecule is CCc1nc(N)sc1C(=O)N1CCCC1c1nc2ccc(C)cc2[nH]1. The highest BCUT2D eigenvalue weighted by Gasteiger charge is 2.34. The zero-order valence-corrected chi connectivity index (χ0v) is 15.2. The minimum Gasteiger partial charge on any atom is -0.375 e. The number of aryl methyl sites for hydroxylation is 2. The van der Waals surface area contributed by atoms with Gasteiger partial charge in [-0.25, -0.2) is 9.97 Å². The number of thiazole rings is 1. The highest BCUT2D eigenvalue weighted by atomic mass is 32.1. The van der Waals surface area contributed by atoms with Crippen LogP contribution in [0.1, 0.15) is 52.6 Å². The van der Waals surface area contributed by atoms with Crippen LogP contribution < -0.4 is 5.73 Å². The molecule has 1 fully saturated rings. The number of hydrogen-bond acceptors (Lipinski definition) is 5. The highest BCUT2D eigenvalue weighted by Crippen LogP contribution is 2.34. The lowest BCUT2D eigenvalue weighted by molar-refractivity contribution is 0.0734. The fourth-order valence-corrected chi connectivity index (χ4v) is 4.38. The zero-order valence-electron chi connectivity index (χ0n) is 14.4. The molecular weight excluding hydrogens is 334 g/mol. The van der Waals surface area contributed by atoms with Crippen LogP contribution in [0.3, 0.4) is 0 Å². The molecule has 130 valence electrons. The van der Waals surface area contributed by atoms with Crippen molar-refractivity contribution in [3.05, 3.63) is 40.2 Å². The Morgan fingerprint density at radius 1 is 1.44 bits per heavy atom. The monoisotopic (exact) mass is 355 g/mol. The fourth-order valence-electron chi connectivity index (χ4n) is 3.50. The van der Waals surface area contributed by atoms with Crippen LogP contribution in [0.15, 0.2) is 18.2 Å². The van der Waals surface area contributed by atoms with Crippen molar-refractivity contribution in [2.45, 2.75) is 39.2 Å². The third-order valence-electron chi connectivity index (χ3n) is 4.73. The van der Waals surface area contributed by atoms with Crippen LogP contribution in [-0.2, 0) is 6.42 Å². The molecule has 1 amide bonds. The number of carbonyl (C=O) groups excluding carboxylic acids is 1. The van der Waals surface area contributed by atoms with Crippen LogP contribution >= 0.6 is 11.3 Å². The largest absolute Gasteiger partial charge is 0.375 e. The molecule has 1 unspecified atom stereocenters. The second kappa shape index (κ2) is 6.15. The Balaban J connectivity index is 1.68. The van der Waals surface area contributed by atoms with Gasteiger partial charge >= 0.3 is 0 Å². The summed E-state index contributed by atoms with van der Waals surface area (Å²) in [7, 11) is 0. The first-order chi connectivity index (χ1) is 12.1. The minimum atomic E-state index is -0.0202. The van der Waals surface area contributed by atoms with Gasteiger partial charge in [-0.1, -0.05) is 24.3 Å². The number of carbonyl (C=O) groups is 1. The van der Waals surface area contributed by atoms with Crippen LogP contribution in [0.2, 0.25) is 0 Å². The molecule has 1 aliphatic rings. The van der Waals surface area contributed by atoms with Gasteiger partial charge in [0, 0.05) is 6.54 Å². The van der Waals surface area contributed by atoms with Gasteiger partial charge in [0.05, 0.1) is 22.8 Å². The van der Waals surface area contributed by atoms with Gasteiger partial charge in [-0.2, -0.15) is 0 Å². The Morgan fingerprint density at radius 3 is 3.08 bits per heavy atom. The summed E-state index contributed by atoms with van der Waals surface area (Å²) >= 11 is 1.28. The van der Waals surface area contributed by atoms with Crippen molar-refractivity contribution in [3.8, 4) is 0 Å². The van der Waals surface area contributed by atoms with Gasteiger partial charge in [-0.3, -0.25) is 4.79 Å². The molecule has 0 radical (unpaired) electrons. The van der Waals surface area contributed by atoms with E-state index in [4.69, 9.17) is 10.7 Å². The Morgan fingerprint density at radius 2 is 2.28 bits per heavy atom. The molecule has 0 aliphatic carbocycles. The van der Waals surface area contributed by atoms with E-state index in [0.29, 0.717) is 16.4 Å². The first-order valence-corrected chi connectivity index (χ1v) is 9.41. The van der Waals surface area contributed by atoms with Crippen molar-refractivity contribution in [1.82, 2.24) is 19.9 Å². The second-order valence-electron chi connectivity index (χ2n) is 6.48. The first-order valence-electron chi connectivity index (χ1n) is 8.59. The number of H-pyrrole nitrogens is 1. The maximum Gasteiger partial charge on any atom is 0.266 e. The van der Waals surface area contributed by atoms with Gasteiger partial charge in [-0.15, -0.1) is 0 Å². The molecule has 1 atom stereocenters. The van der Waals surface area contributed by atoms with Gasteiger partial charge in [0.15, 0.2) is 5.13 Å². The number of hydrogen-bond donors (Lipinski definition) is 2. The summed E-state index contributed by atoms with van der Waals surface area (Å²) in [4.78, 5) is 28.1. The number of nitrogens with one attached hydrogen (secondary N) is 1. The lowest BCUT2D eigenvalue weighted by Gasteiger charge is -2.22. The number of imidazole rings is 1. The third-order valence-corrected chi connectivity index (χ3v) is 5.64. The summed E-state index contributed by atoms with van der Waals surface area (Å²) in [5.41, 5.74) is 9.76. The molecule has 25 heavy (non-hydrogen) atoms. The van der Waals surface area contributed by atoms with Crippen LogP contribution in [0, 0.1) is 6.92 Å². The Hall–Kier alpha value is -2.41. The van der Waals surface area contributed by atoms with Crippen molar-refractivity contribution in [2.75, 3.05) is 12.3 Å². The second-order valence-corrected chi connectivity index (χ2v) is 7.51. The average molecular weight is 355 g/mol. The molecule has 6 nitrogen and oxygen atoms in total. The maximum absolute atomic E-state index is 13.1. The van der Waals surface area contributed by atoms with E-state index in [1.807, 2.05) is 17.9 Å². The maximum atomic E-state index is 13.1. The number of nitrogen functional groups attached to an aromatic ring is 1. The number of fused-ring (bicyclic) bond motifs is 1. The molecule has 0 saturated carbocycles. The van der Waals surface area contributed by atoms with Crippen molar-refractivity contribution in [3.63, 3.8) is 0 Å². The summed E-state index contributed by atoms with van der Waals surface area (Å²) in [5, 5.41) is 0.454. The number of benzene rings is 1. The molecule has 1 saturated heterocycles. The number of anilines is 1. The Bertz CT molecular complexity index is 944. The average Bonchev–Trinajstić information content (AvgIpc) is 3.30. The molecule has 0 bridgehead atoms. The number of amides is 1. The molecule has 1 aromatic carbocycles. The summed E-state index contributed by atoms with van der Waals surface area (Å²) in [5.74, 6) is 0.882. The Labute approximate surface area is 150 Å².